The van der Waals surface area contributed by atoms with Crippen LogP contribution in [0.2, 0.25) is 5.02 Å². The van der Waals surface area contributed by atoms with E-state index in [4.69, 9.17) is 16.0 Å². The molecule has 29 heavy (non-hydrogen) atoms. The molecule has 4 nitrogen and oxygen atoms in total. The van der Waals surface area contributed by atoms with Crippen molar-refractivity contribution in [1.29, 1.82) is 0 Å². The third-order valence-electron chi connectivity index (χ3n) is 5.63. The summed E-state index contributed by atoms with van der Waals surface area (Å²) < 4.78 is 5.45. The molecule has 1 aliphatic rings. The molecule has 1 aliphatic heterocycles. The molecule has 152 valence electrons. The highest BCUT2D eigenvalue weighted by molar-refractivity contribution is 6.30. The zero-order valence-corrected chi connectivity index (χ0v) is 18.0. The number of hydrogen-bond acceptors (Lipinski definition) is 4. The fourth-order valence-corrected chi connectivity index (χ4v) is 4.09. The van der Waals surface area contributed by atoms with E-state index in [2.05, 4.69) is 48.8 Å². The summed E-state index contributed by atoms with van der Waals surface area (Å²) in [7, 11) is 0. The van der Waals surface area contributed by atoms with Crippen molar-refractivity contribution in [2.45, 2.75) is 32.7 Å². The second-order valence-electron chi connectivity index (χ2n) is 8.79. The Bertz CT molecular complexity index is 1080. The van der Waals surface area contributed by atoms with Crippen molar-refractivity contribution in [3.8, 4) is 0 Å². The molecule has 0 bridgehead atoms. The van der Waals surface area contributed by atoms with Crippen molar-refractivity contribution in [1.82, 2.24) is 4.90 Å². The number of piperazine rings is 1. The van der Waals surface area contributed by atoms with E-state index in [9.17, 15) is 4.79 Å². The Morgan fingerprint density at radius 3 is 2.45 bits per heavy atom. The molecule has 2 aromatic carbocycles. The number of fused-ring (bicyclic) bond motifs is 1. The average molecular weight is 411 g/mol. The standard InChI is InChI=1S/C24H27ClN2O2/c1-24(2,3)18-7-8-22-21(14-18)17(13-23(28)29-22)16-26-9-11-27(12-10-26)20-6-4-5-19(25)15-20/h4-8,13-15H,9-12,16H2,1-3H3. The molecular formula is C24H27ClN2O2. The topological polar surface area (TPSA) is 36.7 Å². The first-order valence-corrected chi connectivity index (χ1v) is 10.5. The Morgan fingerprint density at radius 2 is 1.76 bits per heavy atom. The van der Waals surface area contributed by atoms with Crippen LogP contribution in [0.25, 0.3) is 11.0 Å². The normalized spacial score (nSPS) is 15.8. The van der Waals surface area contributed by atoms with E-state index < -0.39 is 0 Å². The van der Waals surface area contributed by atoms with Gasteiger partial charge in [0.2, 0.25) is 0 Å². The maximum atomic E-state index is 12.1. The number of nitrogens with zero attached hydrogens (tertiary/aromatic N) is 2. The van der Waals surface area contributed by atoms with Gasteiger partial charge in [-0.3, -0.25) is 4.90 Å². The Morgan fingerprint density at radius 1 is 1.00 bits per heavy atom. The monoisotopic (exact) mass is 410 g/mol. The Kier molecular flexibility index (Phi) is 5.41. The molecule has 1 aromatic heterocycles. The predicted octanol–water partition coefficient (Wildman–Crippen LogP) is 5.07. The van der Waals surface area contributed by atoms with Crippen LogP contribution in [0.4, 0.5) is 5.69 Å². The Labute approximate surface area is 176 Å². The minimum absolute atomic E-state index is 0.0458. The van der Waals surface area contributed by atoms with Gasteiger partial charge in [0, 0.05) is 54.9 Å². The van der Waals surface area contributed by atoms with Gasteiger partial charge in [-0.15, -0.1) is 0 Å². The second kappa shape index (κ2) is 7.85. The van der Waals surface area contributed by atoms with Gasteiger partial charge >= 0.3 is 5.63 Å². The smallest absolute Gasteiger partial charge is 0.336 e. The maximum Gasteiger partial charge on any atom is 0.336 e. The van der Waals surface area contributed by atoms with E-state index in [0.29, 0.717) is 5.58 Å². The molecule has 0 aliphatic carbocycles. The van der Waals surface area contributed by atoms with Crippen molar-refractivity contribution in [2.24, 2.45) is 0 Å². The van der Waals surface area contributed by atoms with Crippen LogP contribution in [0.15, 0.2) is 57.7 Å². The highest BCUT2D eigenvalue weighted by atomic mass is 35.5. The fraction of sp³-hybridized carbons (Fsp3) is 0.375. The summed E-state index contributed by atoms with van der Waals surface area (Å²) in [5.41, 5.74) is 3.87. The number of halogens is 1. The summed E-state index contributed by atoms with van der Waals surface area (Å²) in [5.74, 6) is 0. The van der Waals surface area contributed by atoms with Gasteiger partial charge < -0.3 is 9.32 Å². The molecule has 0 spiro atoms. The van der Waals surface area contributed by atoms with Crippen LogP contribution in [0, 0.1) is 0 Å². The lowest BCUT2D eigenvalue weighted by Crippen LogP contribution is -2.46. The zero-order valence-electron chi connectivity index (χ0n) is 17.2. The quantitative estimate of drug-likeness (QED) is 0.565. The molecule has 2 heterocycles. The van der Waals surface area contributed by atoms with Crippen molar-refractivity contribution >= 4 is 28.3 Å². The summed E-state index contributed by atoms with van der Waals surface area (Å²) in [5, 5.41) is 1.80. The minimum Gasteiger partial charge on any atom is -0.423 e. The average Bonchev–Trinajstić information content (AvgIpc) is 2.67. The van der Waals surface area contributed by atoms with E-state index in [1.807, 2.05) is 24.3 Å². The van der Waals surface area contributed by atoms with Gasteiger partial charge in [-0.05, 0) is 46.9 Å². The van der Waals surface area contributed by atoms with Crippen LogP contribution < -0.4 is 10.5 Å². The minimum atomic E-state index is -0.284. The van der Waals surface area contributed by atoms with Gasteiger partial charge in [0.1, 0.15) is 5.58 Å². The molecule has 1 saturated heterocycles. The number of benzene rings is 2. The molecule has 0 saturated carbocycles. The summed E-state index contributed by atoms with van der Waals surface area (Å²) >= 11 is 6.14. The summed E-state index contributed by atoms with van der Waals surface area (Å²) in [6.45, 7) is 11.1. The third kappa shape index (κ3) is 4.49. The summed E-state index contributed by atoms with van der Waals surface area (Å²) in [4.78, 5) is 16.9. The van der Waals surface area contributed by atoms with Gasteiger partial charge in [0.15, 0.2) is 0 Å². The Balaban J connectivity index is 1.54. The van der Waals surface area contributed by atoms with Crippen LogP contribution in [-0.4, -0.2) is 31.1 Å². The van der Waals surface area contributed by atoms with Gasteiger partial charge in [0.05, 0.1) is 0 Å². The molecule has 0 radical (unpaired) electrons. The third-order valence-corrected chi connectivity index (χ3v) is 5.87. The van der Waals surface area contributed by atoms with E-state index in [1.165, 1.54) is 5.56 Å². The highest BCUT2D eigenvalue weighted by Crippen LogP contribution is 2.28. The molecule has 0 unspecified atom stereocenters. The van der Waals surface area contributed by atoms with Gasteiger partial charge in [-0.25, -0.2) is 4.79 Å². The lowest BCUT2D eigenvalue weighted by atomic mass is 9.86. The van der Waals surface area contributed by atoms with E-state index >= 15 is 0 Å². The maximum absolute atomic E-state index is 12.1. The molecular weight excluding hydrogens is 384 g/mol. The number of anilines is 1. The second-order valence-corrected chi connectivity index (χ2v) is 9.23. The van der Waals surface area contributed by atoms with E-state index in [1.54, 1.807) is 6.07 Å². The Hall–Kier alpha value is -2.30. The lowest BCUT2D eigenvalue weighted by Gasteiger charge is -2.36. The summed E-state index contributed by atoms with van der Waals surface area (Å²) in [6, 6.07) is 15.8. The van der Waals surface area contributed by atoms with E-state index in [-0.39, 0.29) is 11.0 Å². The fourth-order valence-electron chi connectivity index (χ4n) is 3.90. The van der Waals surface area contributed by atoms with Crippen molar-refractivity contribution in [3.05, 3.63) is 75.1 Å². The van der Waals surface area contributed by atoms with Crippen LogP contribution in [-0.2, 0) is 12.0 Å². The molecule has 1 fully saturated rings. The van der Waals surface area contributed by atoms with Gasteiger partial charge in [0.25, 0.3) is 0 Å². The molecule has 0 amide bonds. The van der Waals surface area contributed by atoms with Crippen LogP contribution in [0.3, 0.4) is 0 Å². The highest BCUT2D eigenvalue weighted by Gasteiger charge is 2.20. The van der Waals surface area contributed by atoms with Crippen molar-refractivity contribution in [2.75, 3.05) is 31.1 Å². The SMILES string of the molecule is CC(C)(C)c1ccc2oc(=O)cc(CN3CCN(c4cccc(Cl)c4)CC3)c2c1. The van der Waals surface area contributed by atoms with Crippen LogP contribution >= 0.6 is 11.6 Å². The van der Waals surface area contributed by atoms with Gasteiger partial charge in [-0.2, -0.15) is 0 Å². The van der Waals surface area contributed by atoms with Gasteiger partial charge in [-0.1, -0.05) is 44.5 Å². The first kappa shape index (κ1) is 20.0. The summed E-state index contributed by atoms with van der Waals surface area (Å²) in [6.07, 6.45) is 0. The van der Waals surface area contributed by atoms with Crippen LogP contribution in [0.5, 0.6) is 0 Å². The lowest BCUT2D eigenvalue weighted by molar-refractivity contribution is 0.250. The van der Waals surface area contributed by atoms with Crippen LogP contribution in [0.1, 0.15) is 31.9 Å². The molecule has 0 atom stereocenters. The first-order valence-electron chi connectivity index (χ1n) is 10.1. The number of rotatable bonds is 3. The first-order chi connectivity index (χ1) is 13.8. The molecule has 4 rings (SSSR count). The predicted molar refractivity (Wildman–Crippen MR) is 120 cm³/mol. The largest absolute Gasteiger partial charge is 0.423 e. The van der Waals surface area contributed by atoms with Crippen molar-refractivity contribution < 1.29 is 4.42 Å². The molecule has 5 heteroatoms. The number of hydrogen-bond donors (Lipinski definition) is 0. The zero-order chi connectivity index (χ0) is 20.6. The van der Waals surface area contributed by atoms with Crippen molar-refractivity contribution in [3.63, 3.8) is 0 Å². The molecule has 3 aromatic rings. The molecule has 0 N–H and O–H groups in total. The van der Waals surface area contributed by atoms with E-state index in [0.717, 1.165) is 54.4 Å².